The summed E-state index contributed by atoms with van der Waals surface area (Å²) < 4.78 is 12.9. The minimum Gasteiger partial charge on any atom is -0.392 e. The van der Waals surface area contributed by atoms with E-state index in [0.717, 1.165) is 37.9 Å². The van der Waals surface area contributed by atoms with Crippen LogP contribution in [0.15, 0.2) is 24.3 Å². The van der Waals surface area contributed by atoms with Crippen molar-refractivity contribution in [2.24, 2.45) is 5.92 Å². The summed E-state index contributed by atoms with van der Waals surface area (Å²) in [6.45, 7) is 2.06. The highest BCUT2D eigenvalue weighted by Gasteiger charge is 2.32. The second-order valence-electron chi connectivity index (χ2n) is 6.45. The summed E-state index contributed by atoms with van der Waals surface area (Å²) in [5, 5.41) is 12.6. The van der Waals surface area contributed by atoms with Crippen LogP contribution < -0.4 is 5.32 Å². The van der Waals surface area contributed by atoms with Crippen molar-refractivity contribution in [3.63, 3.8) is 0 Å². The van der Waals surface area contributed by atoms with Crippen LogP contribution in [0, 0.1) is 11.7 Å². The molecule has 1 aromatic carbocycles. The summed E-state index contributed by atoms with van der Waals surface area (Å²) in [4.78, 5) is 14.3. The highest BCUT2D eigenvalue weighted by molar-refractivity contribution is 5.85. The molecular weight excluding hydrogens is 319 g/mol. The van der Waals surface area contributed by atoms with Crippen LogP contribution >= 0.6 is 12.4 Å². The number of rotatable bonds is 3. The molecule has 0 unspecified atom stereocenters. The first-order chi connectivity index (χ1) is 10.6. The Morgan fingerprint density at radius 1 is 1.26 bits per heavy atom. The van der Waals surface area contributed by atoms with E-state index >= 15 is 0 Å². The number of halogens is 2. The van der Waals surface area contributed by atoms with Crippen LogP contribution in [-0.4, -0.2) is 47.7 Å². The van der Waals surface area contributed by atoms with Crippen molar-refractivity contribution in [3.05, 3.63) is 35.6 Å². The molecule has 0 spiro atoms. The number of amides is 1. The van der Waals surface area contributed by atoms with Crippen LogP contribution in [0.2, 0.25) is 0 Å². The molecule has 1 amide bonds. The van der Waals surface area contributed by atoms with E-state index in [9.17, 15) is 14.3 Å². The largest absolute Gasteiger partial charge is 0.392 e. The molecule has 0 aliphatic carbocycles. The summed E-state index contributed by atoms with van der Waals surface area (Å²) in [7, 11) is 0. The molecule has 1 aromatic rings. The molecule has 3 rings (SSSR count). The van der Waals surface area contributed by atoms with Crippen molar-refractivity contribution in [3.8, 4) is 0 Å². The molecule has 2 aliphatic heterocycles. The number of β-amino-alcohol motifs (C(OH)–C–C–N with tert-alkyl or cyclic N) is 1. The Balaban J connectivity index is 0.00000192. The zero-order valence-electron chi connectivity index (χ0n) is 13.1. The van der Waals surface area contributed by atoms with Gasteiger partial charge in [-0.3, -0.25) is 4.79 Å². The van der Waals surface area contributed by atoms with E-state index in [1.165, 1.54) is 12.1 Å². The zero-order valence-corrected chi connectivity index (χ0v) is 13.9. The van der Waals surface area contributed by atoms with Gasteiger partial charge in [-0.05, 0) is 49.3 Å². The second kappa shape index (κ2) is 8.08. The number of piperidine rings is 1. The SMILES string of the molecule is Cl.O=C([C@@H]1C[C@@H](O)CN1)N1CCC(Cc2ccc(F)cc2)CC1. The average molecular weight is 343 g/mol. The molecule has 0 saturated carbocycles. The predicted molar refractivity (Wildman–Crippen MR) is 89.1 cm³/mol. The van der Waals surface area contributed by atoms with Gasteiger partial charge in [-0.25, -0.2) is 4.39 Å². The molecule has 2 heterocycles. The maximum atomic E-state index is 12.9. The van der Waals surface area contributed by atoms with Gasteiger partial charge in [0.05, 0.1) is 12.1 Å². The van der Waals surface area contributed by atoms with Crippen LogP contribution in [-0.2, 0) is 11.2 Å². The standard InChI is InChI=1S/C17H23FN2O2.ClH/c18-14-3-1-12(2-4-14)9-13-5-7-20(8-6-13)17(22)16-10-15(21)11-19-16;/h1-4,13,15-16,19,21H,5-11H2;1H/t15-,16+;/m1./s1. The Labute approximate surface area is 142 Å². The van der Waals surface area contributed by atoms with E-state index in [1.54, 1.807) is 0 Å². The van der Waals surface area contributed by atoms with E-state index in [-0.39, 0.29) is 30.2 Å². The fourth-order valence-corrected chi connectivity index (χ4v) is 3.44. The highest BCUT2D eigenvalue weighted by Crippen LogP contribution is 2.23. The number of hydrogen-bond donors (Lipinski definition) is 2. The fraction of sp³-hybridized carbons (Fsp3) is 0.588. The maximum absolute atomic E-state index is 12.9. The topological polar surface area (TPSA) is 52.6 Å². The highest BCUT2D eigenvalue weighted by atomic mass is 35.5. The number of carbonyl (C=O) groups is 1. The third-order valence-electron chi connectivity index (χ3n) is 4.77. The molecule has 2 fully saturated rings. The van der Waals surface area contributed by atoms with Crippen LogP contribution in [0.5, 0.6) is 0 Å². The maximum Gasteiger partial charge on any atom is 0.239 e. The lowest BCUT2D eigenvalue weighted by molar-refractivity contribution is -0.134. The van der Waals surface area contributed by atoms with Gasteiger partial charge in [0, 0.05) is 19.6 Å². The number of carbonyl (C=O) groups excluding carboxylic acids is 1. The Hall–Kier alpha value is -1.17. The van der Waals surface area contributed by atoms with Gasteiger partial charge in [-0.1, -0.05) is 12.1 Å². The number of nitrogens with zero attached hydrogens (tertiary/aromatic N) is 1. The van der Waals surface area contributed by atoms with Gasteiger partial charge >= 0.3 is 0 Å². The Morgan fingerprint density at radius 2 is 1.91 bits per heavy atom. The number of likely N-dealkylation sites (tertiary alicyclic amines) is 1. The summed E-state index contributed by atoms with van der Waals surface area (Å²) in [6.07, 6.45) is 3.04. The van der Waals surface area contributed by atoms with E-state index in [4.69, 9.17) is 0 Å². The number of hydrogen-bond acceptors (Lipinski definition) is 3. The van der Waals surface area contributed by atoms with Crippen LogP contribution in [0.4, 0.5) is 4.39 Å². The van der Waals surface area contributed by atoms with Gasteiger partial charge in [0.15, 0.2) is 0 Å². The van der Waals surface area contributed by atoms with Crippen LogP contribution in [0.3, 0.4) is 0 Å². The minimum atomic E-state index is -0.398. The number of benzene rings is 1. The Morgan fingerprint density at radius 3 is 2.48 bits per heavy atom. The van der Waals surface area contributed by atoms with Crippen molar-refractivity contribution < 1.29 is 14.3 Å². The van der Waals surface area contributed by atoms with Gasteiger partial charge in [-0.2, -0.15) is 0 Å². The third kappa shape index (κ3) is 4.66. The van der Waals surface area contributed by atoms with Gasteiger partial charge in [0.2, 0.25) is 5.91 Å². The molecule has 2 aliphatic rings. The van der Waals surface area contributed by atoms with E-state index in [0.29, 0.717) is 18.9 Å². The number of aliphatic hydroxyl groups excluding tert-OH is 1. The lowest BCUT2D eigenvalue weighted by Crippen LogP contribution is -2.47. The molecule has 2 N–H and O–H groups in total. The molecule has 6 heteroatoms. The van der Waals surface area contributed by atoms with Gasteiger partial charge in [-0.15, -0.1) is 12.4 Å². The lowest BCUT2D eigenvalue weighted by atomic mass is 9.90. The molecule has 23 heavy (non-hydrogen) atoms. The molecular formula is C17H24ClFN2O2. The van der Waals surface area contributed by atoms with E-state index < -0.39 is 6.10 Å². The summed E-state index contributed by atoms with van der Waals surface area (Å²) in [6, 6.07) is 6.48. The number of aliphatic hydroxyl groups is 1. The molecule has 0 bridgehead atoms. The lowest BCUT2D eigenvalue weighted by Gasteiger charge is -2.33. The molecule has 2 saturated heterocycles. The smallest absolute Gasteiger partial charge is 0.239 e. The summed E-state index contributed by atoms with van der Waals surface area (Å²) >= 11 is 0. The first-order valence-electron chi connectivity index (χ1n) is 8.06. The second-order valence-corrected chi connectivity index (χ2v) is 6.45. The van der Waals surface area contributed by atoms with Crippen molar-refractivity contribution in [2.75, 3.05) is 19.6 Å². The van der Waals surface area contributed by atoms with E-state index in [2.05, 4.69) is 5.32 Å². The van der Waals surface area contributed by atoms with Gasteiger partial charge in [0.1, 0.15) is 5.82 Å². The van der Waals surface area contributed by atoms with Crippen molar-refractivity contribution in [1.29, 1.82) is 0 Å². The zero-order chi connectivity index (χ0) is 15.5. The fourth-order valence-electron chi connectivity index (χ4n) is 3.44. The predicted octanol–water partition coefficient (Wildman–Crippen LogP) is 1.75. The average Bonchev–Trinajstić information content (AvgIpc) is 2.96. The van der Waals surface area contributed by atoms with E-state index in [1.807, 2.05) is 17.0 Å². The minimum absolute atomic E-state index is 0. The van der Waals surface area contributed by atoms with Crippen molar-refractivity contribution >= 4 is 18.3 Å². The first kappa shape index (κ1) is 18.2. The number of nitrogens with one attached hydrogen (secondary N) is 1. The van der Waals surface area contributed by atoms with Gasteiger partial charge < -0.3 is 15.3 Å². The van der Waals surface area contributed by atoms with Crippen LogP contribution in [0.1, 0.15) is 24.8 Å². The van der Waals surface area contributed by atoms with Gasteiger partial charge in [0.25, 0.3) is 0 Å². The Kier molecular flexibility index (Phi) is 6.39. The summed E-state index contributed by atoms with van der Waals surface area (Å²) in [5.74, 6) is 0.476. The quantitative estimate of drug-likeness (QED) is 0.880. The van der Waals surface area contributed by atoms with Crippen LogP contribution in [0.25, 0.3) is 0 Å². The molecule has 2 atom stereocenters. The molecule has 0 radical (unpaired) electrons. The summed E-state index contributed by atoms with van der Waals surface area (Å²) in [5.41, 5.74) is 1.16. The molecule has 0 aromatic heterocycles. The normalized spacial score (nSPS) is 25.2. The monoisotopic (exact) mass is 342 g/mol. The molecule has 128 valence electrons. The van der Waals surface area contributed by atoms with Crippen molar-refractivity contribution in [1.82, 2.24) is 10.2 Å². The molecule has 4 nitrogen and oxygen atoms in total. The van der Waals surface area contributed by atoms with Crippen molar-refractivity contribution in [2.45, 2.75) is 37.8 Å². The first-order valence-corrected chi connectivity index (χ1v) is 8.06. The third-order valence-corrected chi connectivity index (χ3v) is 4.77. The Bertz CT molecular complexity index is 518.